The Morgan fingerprint density at radius 1 is 1.21 bits per heavy atom. The van der Waals surface area contributed by atoms with Gasteiger partial charge < -0.3 is 4.57 Å². The van der Waals surface area contributed by atoms with E-state index in [-0.39, 0.29) is 16.9 Å². The van der Waals surface area contributed by atoms with Crippen LogP contribution in [0.25, 0.3) is 11.4 Å². The fourth-order valence-corrected chi connectivity index (χ4v) is 3.12. The minimum absolute atomic E-state index is 0.0778. The molecule has 0 aliphatic rings. The molecule has 5 nitrogen and oxygen atoms in total. The summed E-state index contributed by atoms with van der Waals surface area (Å²) >= 11 is 1.32. The van der Waals surface area contributed by atoms with Gasteiger partial charge in [-0.05, 0) is 43.3 Å². The zero-order chi connectivity index (χ0) is 17.1. The van der Waals surface area contributed by atoms with Gasteiger partial charge in [0, 0.05) is 30.6 Å². The van der Waals surface area contributed by atoms with Crippen LogP contribution in [0.1, 0.15) is 17.3 Å². The van der Waals surface area contributed by atoms with Crippen LogP contribution in [0.15, 0.2) is 53.9 Å². The molecule has 0 saturated heterocycles. The molecular weight excluding hydrogens is 327 g/mol. The molecule has 0 aliphatic carbocycles. The van der Waals surface area contributed by atoms with Crippen LogP contribution in [0.3, 0.4) is 0 Å². The van der Waals surface area contributed by atoms with E-state index in [0.717, 1.165) is 5.56 Å². The van der Waals surface area contributed by atoms with E-state index in [1.807, 2.05) is 23.7 Å². The minimum Gasteiger partial charge on any atom is -0.305 e. The van der Waals surface area contributed by atoms with Gasteiger partial charge in [-0.15, -0.1) is 10.2 Å². The number of rotatable bonds is 5. The molecule has 0 aliphatic heterocycles. The molecule has 0 amide bonds. The zero-order valence-electron chi connectivity index (χ0n) is 13.2. The Kier molecular flexibility index (Phi) is 4.71. The van der Waals surface area contributed by atoms with Crippen LogP contribution in [0, 0.1) is 5.82 Å². The van der Waals surface area contributed by atoms with Gasteiger partial charge in [-0.1, -0.05) is 11.8 Å². The van der Waals surface area contributed by atoms with E-state index in [4.69, 9.17) is 0 Å². The number of nitrogens with zero attached hydrogens (tertiary/aromatic N) is 4. The van der Waals surface area contributed by atoms with Gasteiger partial charge in [0.1, 0.15) is 5.82 Å². The molecule has 0 radical (unpaired) electrons. The van der Waals surface area contributed by atoms with Crippen LogP contribution >= 0.6 is 11.8 Å². The molecule has 3 aromatic rings. The summed E-state index contributed by atoms with van der Waals surface area (Å²) in [7, 11) is 1.85. The molecule has 0 saturated carbocycles. The van der Waals surface area contributed by atoms with Gasteiger partial charge in [-0.3, -0.25) is 9.78 Å². The lowest BCUT2D eigenvalue weighted by atomic mass is 10.1. The third-order valence-electron chi connectivity index (χ3n) is 3.53. The average molecular weight is 342 g/mol. The Morgan fingerprint density at radius 2 is 1.96 bits per heavy atom. The number of carbonyl (C=O) groups is 1. The van der Waals surface area contributed by atoms with Crippen molar-refractivity contribution in [3.63, 3.8) is 0 Å². The van der Waals surface area contributed by atoms with E-state index in [1.54, 1.807) is 19.3 Å². The van der Waals surface area contributed by atoms with Crippen molar-refractivity contribution >= 4 is 17.5 Å². The summed E-state index contributed by atoms with van der Waals surface area (Å²) in [4.78, 5) is 16.5. The second-order valence-corrected chi connectivity index (χ2v) is 6.55. The maximum absolute atomic E-state index is 13.0. The highest BCUT2D eigenvalue weighted by atomic mass is 32.2. The Morgan fingerprint density at radius 3 is 2.62 bits per heavy atom. The number of thioether (sulfide) groups is 1. The first-order chi connectivity index (χ1) is 11.6. The van der Waals surface area contributed by atoms with Crippen LogP contribution in [-0.4, -0.2) is 30.8 Å². The van der Waals surface area contributed by atoms with Gasteiger partial charge in [0.25, 0.3) is 0 Å². The van der Waals surface area contributed by atoms with Crippen LogP contribution in [-0.2, 0) is 7.05 Å². The Labute approximate surface area is 143 Å². The van der Waals surface area contributed by atoms with Crippen LogP contribution in [0.2, 0.25) is 0 Å². The van der Waals surface area contributed by atoms with Gasteiger partial charge in [0.15, 0.2) is 16.8 Å². The number of hydrogen-bond acceptors (Lipinski definition) is 5. The summed E-state index contributed by atoms with van der Waals surface area (Å²) in [6.07, 6.45) is 3.41. The molecule has 2 heterocycles. The third kappa shape index (κ3) is 3.35. The SMILES string of the molecule is C[C@H](Sc1nnc(-c2cccnc2)n1C)C(=O)c1ccc(F)cc1. The van der Waals surface area contributed by atoms with E-state index in [0.29, 0.717) is 16.5 Å². The number of aromatic nitrogens is 4. The lowest BCUT2D eigenvalue weighted by molar-refractivity contribution is 0.0994. The molecule has 1 aromatic carbocycles. The second kappa shape index (κ2) is 6.92. The van der Waals surface area contributed by atoms with Crippen molar-refractivity contribution in [1.82, 2.24) is 19.7 Å². The maximum atomic E-state index is 13.0. The van der Waals surface area contributed by atoms with Crippen molar-refractivity contribution in [2.24, 2.45) is 7.05 Å². The topological polar surface area (TPSA) is 60.7 Å². The molecule has 0 spiro atoms. The Bertz CT molecular complexity index is 849. The summed E-state index contributed by atoms with van der Waals surface area (Å²) in [5.74, 6) is 0.249. The molecular formula is C17H15FN4OS. The molecule has 0 unspecified atom stereocenters. The van der Waals surface area contributed by atoms with Crippen molar-refractivity contribution in [2.75, 3.05) is 0 Å². The molecule has 2 aromatic heterocycles. The molecule has 24 heavy (non-hydrogen) atoms. The first kappa shape index (κ1) is 16.3. The minimum atomic E-state index is -0.361. The number of Topliss-reactive ketones (excluding diaryl/α,β-unsaturated/α-hetero) is 1. The number of ketones is 1. The number of halogens is 1. The number of carbonyl (C=O) groups excluding carboxylic acids is 1. The first-order valence-corrected chi connectivity index (χ1v) is 8.20. The van der Waals surface area contributed by atoms with E-state index in [2.05, 4.69) is 15.2 Å². The fraction of sp³-hybridized carbons (Fsp3) is 0.176. The van der Waals surface area contributed by atoms with Gasteiger partial charge in [-0.2, -0.15) is 0 Å². The standard InChI is InChI=1S/C17H15FN4OS/c1-11(15(23)12-5-7-14(18)8-6-12)24-17-21-20-16(22(17)2)13-4-3-9-19-10-13/h3-11H,1-2H3/t11-/m0/s1. The monoisotopic (exact) mass is 342 g/mol. The highest BCUT2D eigenvalue weighted by molar-refractivity contribution is 8.00. The first-order valence-electron chi connectivity index (χ1n) is 7.32. The van der Waals surface area contributed by atoms with Crippen molar-refractivity contribution in [3.05, 3.63) is 60.2 Å². The van der Waals surface area contributed by atoms with Crippen LogP contribution < -0.4 is 0 Å². The van der Waals surface area contributed by atoms with Gasteiger partial charge >= 0.3 is 0 Å². The molecule has 7 heteroatoms. The van der Waals surface area contributed by atoms with Crippen molar-refractivity contribution in [1.29, 1.82) is 0 Å². The molecule has 1 atom stereocenters. The predicted octanol–water partition coefficient (Wildman–Crippen LogP) is 3.38. The number of pyridine rings is 1. The molecule has 0 fully saturated rings. The normalized spacial score (nSPS) is 12.1. The molecule has 122 valence electrons. The van der Waals surface area contributed by atoms with Gasteiger partial charge in [0.2, 0.25) is 0 Å². The summed E-state index contributed by atoms with van der Waals surface area (Å²) in [6, 6.07) is 9.29. The lowest BCUT2D eigenvalue weighted by Crippen LogP contribution is -2.14. The van der Waals surface area contributed by atoms with Gasteiger partial charge in [-0.25, -0.2) is 4.39 Å². The lowest BCUT2D eigenvalue weighted by Gasteiger charge is -2.10. The van der Waals surface area contributed by atoms with E-state index < -0.39 is 0 Å². The zero-order valence-corrected chi connectivity index (χ0v) is 14.0. The summed E-state index contributed by atoms with van der Waals surface area (Å²) in [6.45, 7) is 1.80. The van der Waals surface area contributed by atoms with Gasteiger partial charge in [0.05, 0.1) is 5.25 Å². The summed E-state index contributed by atoms with van der Waals surface area (Å²) in [5, 5.41) is 8.61. The average Bonchev–Trinajstić information content (AvgIpc) is 2.96. The largest absolute Gasteiger partial charge is 0.305 e. The van der Waals surface area contributed by atoms with E-state index in [9.17, 15) is 9.18 Å². The third-order valence-corrected chi connectivity index (χ3v) is 4.67. The quantitative estimate of drug-likeness (QED) is 0.525. The van der Waals surface area contributed by atoms with E-state index in [1.165, 1.54) is 36.0 Å². The highest BCUT2D eigenvalue weighted by Crippen LogP contribution is 2.27. The molecule has 3 rings (SSSR count). The van der Waals surface area contributed by atoms with Crippen LogP contribution in [0.4, 0.5) is 4.39 Å². The van der Waals surface area contributed by atoms with Crippen LogP contribution in [0.5, 0.6) is 0 Å². The Balaban J connectivity index is 1.78. The number of hydrogen-bond donors (Lipinski definition) is 0. The maximum Gasteiger partial charge on any atom is 0.191 e. The van der Waals surface area contributed by atoms with Crippen molar-refractivity contribution in [3.8, 4) is 11.4 Å². The van der Waals surface area contributed by atoms with Crippen molar-refractivity contribution in [2.45, 2.75) is 17.3 Å². The summed E-state index contributed by atoms with van der Waals surface area (Å²) in [5.41, 5.74) is 1.34. The summed E-state index contributed by atoms with van der Waals surface area (Å²) < 4.78 is 14.8. The Hall–Kier alpha value is -2.54. The smallest absolute Gasteiger partial charge is 0.191 e. The molecule has 0 bridgehead atoms. The molecule has 0 N–H and O–H groups in total. The second-order valence-electron chi connectivity index (χ2n) is 5.24. The van der Waals surface area contributed by atoms with Crippen molar-refractivity contribution < 1.29 is 9.18 Å². The number of benzene rings is 1. The fourth-order valence-electron chi connectivity index (χ4n) is 2.22. The predicted molar refractivity (Wildman–Crippen MR) is 90.3 cm³/mol. The highest BCUT2D eigenvalue weighted by Gasteiger charge is 2.20. The van der Waals surface area contributed by atoms with E-state index >= 15 is 0 Å².